The van der Waals surface area contributed by atoms with Gasteiger partial charge in [0.25, 0.3) is 5.91 Å². The largest absolute Gasteiger partial charge is 0.468 e. The minimum Gasteiger partial charge on any atom is -0.468 e. The van der Waals surface area contributed by atoms with Gasteiger partial charge in [0.15, 0.2) is 0 Å². The smallest absolute Gasteiger partial charge is 0.316 e. The van der Waals surface area contributed by atoms with Gasteiger partial charge in [0.05, 0.1) is 7.11 Å². The van der Waals surface area contributed by atoms with Gasteiger partial charge in [-0.2, -0.15) is 0 Å². The van der Waals surface area contributed by atoms with Gasteiger partial charge in [-0.1, -0.05) is 0 Å². The molecule has 72 valence electrons. The molecule has 1 rings (SSSR count). The van der Waals surface area contributed by atoms with Crippen LogP contribution in [-0.4, -0.2) is 31.3 Å². The predicted molar refractivity (Wildman–Crippen MR) is 42.8 cm³/mol. The Morgan fingerprint density at radius 3 is 2.85 bits per heavy atom. The van der Waals surface area contributed by atoms with Crippen LogP contribution >= 0.6 is 0 Å². The van der Waals surface area contributed by atoms with E-state index in [-0.39, 0.29) is 0 Å². The van der Waals surface area contributed by atoms with E-state index in [1.807, 2.05) is 0 Å². The molecule has 13 heavy (non-hydrogen) atoms. The van der Waals surface area contributed by atoms with E-state index in [9.17, 15) is 14.4 Å². The molecule has 0 aliphatic carbocycles. The van der Waals surface area contributed by atoms with Gasteiger partial charge in [0.2, 0.25) is 5.78 Å². The van der Waals surface area contributed by atoms with Gasteiger partial charge in [0, 0.05) is 6.54 Å². The normalized spacial score (nSPS) is 23.3. The second-order valence-electron chi connectivity index (χ2n) is 2.84. The standard InChI is InChI=1S/C8H11NO4/c1-13-8(12)5-3-2-4-9-7(11)6(5)10/h5H,2-4H2,1H3,(H,9,11). The first-order chi connectivity index (χ1) is 6.16. The summed E-state index contributed by atoms with van der Waals surface area (Å²) in [5.41, 5.74) is 0. The summed E-state index contributed by atoms with van der Waals surface area (Å²) in [6.07, 6.45) is 1.00. The molecule has 0 bridgehead atoms. The van der Waals surface area contributed by atoms with Crippen LogP contribution in [0.3, 0.4) is 0 Å². The molecule has 5 heteroatoms. The first kappa shape index (κ1) is 9.70. The number of nitrogens with one attached hydrogen (secondary N) is 1. The summed E-state index contributed by atoms with van der Waals surface area (Å²) in [6, 6.07) is 0. The second kappa shape index (κ2) is 4.02. The van der Waals surface area contributed by atoms with Crippen molar-refractivity contribution in [1.29, 1.82) is 0 Å². The minimum absolute atomic E-state index is 0.379. The lowest BCUT2D eigenvalue weighted by Crippen LogP contribution is -2.35. The molecular weight excluding hydrogens is 174 g/mol. The van der Waals surface area contributed by atoms with Crippen molar-refractivity contribution in [2.45, 2.75) is 12.8 Å². The summed E-state index contributed by atoms with van der Waals surface area (Å²) >= 11 is 0. The lowest BCUT2D eigenvalue weighted by atomic mass is 9.99. The van der Waals surface area contributed by atoms with Crippen molar-refractivity contribution in [3.8, 4) is 0 Å². The van der Waals surface area contributed by atoms with Crippen LogP contribution in [0, 0.1) is 5.92 Å². The van der Waals surface area contributed by atoms with E-state index in [2.05, 4.69) is 10.1 Å². The summed E-state index contributed by atoms with van der Waals surface area (Å²) in [4.78, 5) is 33.3. The van der Waals surface area contributed by atoms with Gasteiger partial charge in [-0.15, -0.1) is 0 Å². The molecule has 1 heterocycles. The molecule has 0 aromatic rings. The maximum Gasteiger partial charge on any atom is 0.316 e. The summed E-state index contributed by atoms with van der Waals surface area (Å²) in [5, 5.41) is 2.41. The van der Waals surface area contributed by atoms with E-state index in [1.54, 1.807) is 0 Å². The Morgan fingerprint density at radius 2 is 2.23 bits per heavy atom. The topological polar surface area (TPSA) is 72.5 Å². The van der Waals surface area contributed by atoms with E-state index in [0.717, 1.165) is 0 Å². The molecule has 1 amide bonds. The lowest BCUT2D eigenvalue weighted by Gasteiger charge is -2.07. The molecule has 0 saturated carbocycles. The number of amides is 1. The highest BCUT2D eigenvalue weighted by Crippen LogP contribution is 2.12. The van der Waals surface area contributed by atoms with Crippen molar-refractivity contribution in [2.24, 2.45) is 5.92 Å². The number of carbonyl (C=O) groups excluding carboxylic acids is 3. The zero-order valence-electron chi connectivity index (χ0n) is 7.33. The predicted octanol–water partition coefficient (Wildman–Crippen LogP) is -0.745. The number of Topliss-reactive ketones (excluding diaryl/α,β-unsaturated/α-hetero) is 1. The molecule has 1 aliphatic heterocycles. The van der Waals surface area contributed by atoms with E-state index >= 15 is 0 Å². The Labute approximate surface area is 75.4 Å². The molecule has 1 saturated heterocycles. The van der Waals surface area contributed by atoms with E-state index in [4.69, 9.17) is 0 Å². The molecular formula is C8H11NO4. The molecule has 1 atom stereocenters. The minimum atomic E-state index is -0.910. The van der Waals surface area contributed by atoms with Gasteiger partial charge in [-0.05, 0) is 12.8 Å². The van der Waals surface area contributed by atoms with Crippen LogP contribution in [0.1, 0.15) is 12.8 Å². The average Bonchev–Trinajstić information content (AvgIpc) is 2.29. The maximum atomic E-state index is 11.2. The molecule has 0 aromatic heterocycles. The third-order valence-electron chi connectivity index (χ3n) is 1.98. The highest BCUT2D eigenvalue weighted by atomic mass is 16.5. The lowest BCUT2D eigenvalue weighted by molar-refractivity contribution is -0.152. The number of rotatable bonds is 1. The quantitative estimate of drug-likeness (QED) is 0.331. The number of ketones is 1. The molecule has 5 nitrogen and oxygen atoms in total. The summed E-state index contributed by atoms with van der Waals surface area (Å²) < 4.78 is 4.42. The first-order valence-corrected chi connectivity index (χ1v) is 4.06. The van der Waals surface area contributed by atoms with Crippen molar-refractivity contribution in [3.63, 3.8) is 0 Å². The van der Waals surface area contributed by atoms with Crippen molar-refractivity contribution < 1.29 is 19.1 Å². The third-order valence-corrected chi connectivity index (χ3v) is 1.98. The molecule has 1 aliphatic rings. The number of methoxy groups -OCH3 is 1. The molecule has 1 N–H and O–H groups in total. The van der Waals surface area contributed by atoms with E-state index in [0.29, 0.717) is 19.4 Å². The number of esters is 1. The van der Waals surface area contributed by atoms with Gasteiger partial charge in [-0.3, -0.25) is 14.4 Å². The molecule has 0 radical (unpaired) electrons. The summed E-state index contributed by atoms with van der Waals surface area (Å²) in [5.74, 6) is -2.91. The zero-order chi connectivity index (χ0) is 9.84. The molecule has 1 fully saturated rings. The van der Waals surface area contributed by atoms with Crippen molar-refractivity contribution in [3.05, 3.63) is 0 Å². The highest BCUT2D eigenvalue weighted by Gasteiger charge is 2.33. The fourth-order valence-electron chi connectivity index (χ4n) is 1.25. The number of carbonyl (C=O) groups is 3. The van der Waals surface area contributed by atoms with E-state index in [1.165, 1.54) is 7.11 Å². The Bertz CT molecular complexity index is 249. The Kier molecular flexibility index (Phi) is 3.00. The van der Waals surface area contributed by atoms with Crippen molar-refractivity contribution in [2.75, 3.05) is 13.7 Å². The molecule has 0 spiro atoms. The van der Waals surface area contributed by atoms with Crippen LogP contribution in [0.25, 0.3) is 0 Å². The zero-order valence-corrected chi connectivity index (χ0v) is 7.33. The highest BCUT2D eigenvalue weighted by molar-refractivity contribution is 6.40. The Balaban J connectivity index is 2.76. The SMILES string of the molecule is COC(=O)C1CCCNC(=O)C1=O. The first-order valence-electron chi connectivity index (χ1n) is 4.06. The number of hydrogen-bond acceptors (Lipinski definition) is 4. The Hall–Kier alpha value is -1.39. The van der Waals surface area contributed by atoms with Crippen LogP contribution in [-0.2, 0) is 19.1 Å². The van der Waals surface area contributed by atoms with Crippen LogP contribution in [0.2, 0.25) is 0 Å². The van der Waals surface area contributed by atoms with Gasteiger partial charge < -0.3 is 10.1 Å². The van der Waals surface area contributed by atoms with Crippen LogP contribution in [0.5, 0.6) is 0 Å². The summed E-state index contributed by atoms with van der Waals surface area (Å²) in [7, 11) is 1.21. The number of hydrogen-bond donors (Lipinski definition) is 1. The van der Waals surface area contributed by atoms with E-state index < -0.39 is 23.6 Å². The van der Waals surface area contributed by atoms with Gasteiger partial charge >= 0.3 is 5.97 Å². The fraction of sp³-hybridized carbons (Fsp3) is 0.625. The van der Waals surface area contributed by atoms with Crippen LogP contribution in [0.15, 0.2) is 0 Å². The third kappa shape index (κ3) is 2.05. The Morgan fingerprint density at radius 1 is 1.54 bits per heavy atom. The maximum absolute atomic E-state index is 11.2. The summed E-state index contributed by atoms with van der Waals surface area (Å²) in [6.45, 7) is 0.443. The van der Waals surface area contributed by atoms with Crippen molar-refractivity contribution >= 4 is 17.7 Å². The molecule has 0 aromatic carbocycles. The fourth-order valence-corrected chi connectivity index (χ4v) is 1.25. The van der Waals surface area contributed by atoms with Crippen LogP contribution < -0.4 is 5.32 Å². The second-order valence-corrected chi connectivity index (χ2v) is 2.84. The van der Waals surface area contributed by atoms with Crippen LogP contribution in [0.4, 0.5) is 0 Å². The molecule has 1 unspecified atom stereocenters. The number of ether oxygens (including phenoxy) is 1. The monoisotopic (exact) mass is 185 g/mol. The average molecular weight is 185 g/mol. The van der Waals surface area contributed by atoms with Gasteiger partial charge in [-0.25, -0.2) is 0 Å². The van der Waals surface area contributed by atoms with Gasteiger partial charge in [0.1, 0.15) is 5.92 Å². The van der Waals surface area contributed by atoms with Crippen molar-refractivity contribution in [1.82, 2.24) is 5.32 Å².